The van der Waals surface area contributed by atoms with E-state index in [0.717, 1.165) is 27.8 Å². The third-order valence-electron chi connectivity index (χ3n) is 2.82. The molecule has 4 heteroatoms. The van der Waals surface area contributed by atoms with Gasteiger partial charge in [-0.2, -0.15) is 0 Å². The van der Waals surface area contributed by atoms with Crippen LogP contribution in [0.5, 0.6) is 5.75 Å². The normalized spacial score (nSPS) is 13.0. The van der Waals surface area contributed by atoms with Gasteiger partial charge in [-0.15, -0.1) is 0 Å². The van der Waals surface area contributed by atoms with Crippen LogP contribution in [0.15, 0.2) is 64.7 Å². The molecular formula is C15H14N2OS. The Hall–Kier alpha value is -2.07. The van der Waals surface area contributed by atoms with Crippen molar-refractivity contribution in [3.63, 3.8) is 0 Å². The first-order valence-electron chi connectivity index (χ1n) is 6.00. The molecule has 0 bridgehead atoms. The summed E-state index contributed by atoms with van der Waals surface area (Å²) < 4.78 is 5.38. The van der Waals surface area contributed by atoms with Crippen molar-refractivity contribution in [3.8, 4) is 5.75 Å². The maximum Gasteiger partial charge on any atom is 0.143 e. The number of fused-ring (bicyclic) bond motifs is 1. The number of thioether (sulfide) groups is 1. The Kier molecular flexibility index (Phi) is 3.33. The first-order chi connectivity index (χ1) is 9.36. The largest absolute Gasteiger partial charge is 0.495 e. The van der Waals surface area contributed by atoms with Crippen LogP contribution in [0.2, 0.25) is 0 Å². The summed E-state index contributed by atoms with van der Waals surface area (Å²) >= 11 is 1.68. The molecule has 0 saturated heterocycles. The van der Waals surface area contributed by atoms with Crippen molar-refractivity contribution in [1.82, 2.24) is 0 Å². The fraction of sp³-hybridized carbons (Fsp3) is 0.0667. The first-order valence-corrected chi connectivity index (χ1v) is 6.88. The molecule has 2 aromatic carbocycles. The number of benzene rings is 2. The molecule has 0 aromatic heterocycles. The highest BCUT2D eigenvalue weighted by Gasteiger charge is 2.15. The predicted molar refractivity (Wildman–Crippen MR) is 80.6 cm³/mol. The van der Waals surface area contributed by atoms with Gasteiger partial charge in [0.15, 0.2) is 0 Å². The Morgan fingerprint density at radius 2 is 1.89 bits per heavy atom. The van der Waals surface area contributed by atoms with E-state index in [1.54, 1.807) is 18.9 Å². The molecule has 0 saturated carbocycles. The highest BCUT2D eigenvalue weighted by molar-refractivity contribution is 8.02. The molecule has 2 aromatic rings. The molecule has 1 aliphatic heterocycles. The summed E-state index contributed by atoms with van der Waals surface area (Å²) in [5.41, 5.74) is 2.07. The second-order valence-electron chi connectivity index (χ2n) is 4.10. The van der Waals surface area contributed by atoms with Crippen molar-refractivity contribution in [2.24, 2.45) is 0 Å². The topological polar surface area (TPSA) is 33.3 Å². The summed E-state index contributed by atoms with van der Waals surface area (Å²) in [6.45, 7) is 0. The molecule has 0 radical (unpaired) electrons. The van der Waals surface area contributed by atoms with Crippen LogP contribution < -0.4 is 15.4 Å². The van der Waals surface area contributed by atoms with Crippen molar-refractivity contribution in [3.05, 3.63) is 59.8 Å². The summed E-state index contributed by atoms with van der Waals surface area (Å²) in [5.74, 6) is 1.80. The Bertz CT molecular complexity index is 611. The summed E-state index contributed by atoms with van der Waals surface area (Å²) in [7, 11) is 1.69. The molecule has 3 nitrogen and oxygen atoms in total. The van der Waals surface area contributed by atoms with E-state index in [1.807, 2.05) is 42.5 Å². The van der Waals surface area contributed by atoms with Crippen LogP contribution in [0, 0.1) is 0 Å². The van der Waals surface area contributed by atoms with Crippen LogP contribution >= 0.6 is 11.8 Å². The smallest absolute Gasteiger partial charge is 0.143 e. The molecule has 0 unspecified atom stereocenters. The molecule has 0 spiro atoms. The molecule has 0 aliphatic carbocycles. The number of para-hydroxylation sites is 2. The van der Waals surface area contributed by atoms with Gasteiger partial charge < -0.3 is 15.4 Å². The van der Waals surface area contributed by atoms with E-state index in [4.69, 9.17) is 4.74 Å². The molecule has 0 atom stereocenters. The number of ether oxygens (including phenoxy) is 1. The number of rotatable bonds is 3. The van der Waals surface area contributed by atoms with Crippen LogP contribution in [0.1, 0.15) is 0 Å². The van der Waals surface area contributed by atoms with E-state index in [-0.39, 0.29) is 0 Å². The Labute approximate surface area is 116 Å². The van der Waals surface area contributed by atoms with Gasteiger partial charge in [-0.3, -0.25) is 0 Å². The SMILES string of the molecule is COc1cccc2c1NC(Nc1ccccc1)=CS2. The molecule has 2 N–H and O–H groups in total. The lowest BCUT2D eigenvalue weighted by Crippen LogP contribution is -2.12. The molecule has 96 valence electrons. The lowest BCUT2D eigenvalue weighted by Gasteiger charge is -2.21. The maximum atomic E-state index is 5.38. The van der Waals surface area contributed by atoms with Crippen molar-refractivity contribution in [2.75, 3.05) is 17.7 Å². The number of hydrogen-bond acceptors (Lipinski definition) is 4. The van der Waals surface area contributed by atoms with Crippen LogP contribution in [0.25, 0.3) is 0 Å². The number of methoxy groups -OCH3 is 1. The second kappa shape index (κ2) is 5.28. The molecule has 0 amide bonds. The van der Waals surface area contributed by atoms with Gasteiger partial charge in [-0.25, -0.2) is 0 Å². The predicted octanol–water partition coefficient (Wildman–Crippen LogP) is 4.12. The highest BCUT2D eigenvalue weighted by Crippen LogP contribution is 2.40. The number of anilines is 2. The van der Waals surface area contributed by atoms with Crippen molar-refractivity contribution in [2.45, 2.75) is 4.90 Å². The van der Waals surface area contributed by atoms with E-state index >= 15 is 0 Å². The average molecular weight is 270 g/mol. The fourth-order valence-electron chi connectivity index (χ4n) is 1.93. The molecule has 1 heterocycles. The van der Waals surface area contributed by atoms with Crippen LogP contribution in [0.4, 0.5) is 11.4 Å². The minimum Gasteiger partial charge on any atom is -0.495 e. The quantitative estimate of drug-likeness (QED) is 0.879. The van der Waals surface area contributed by atoms with Gasteiger partial charge in [0.05, 0.1) is 12.8 Å². The third-order valence-corrected chi connectivity index (χ3v) is 3.77. The minimum atomic E-state index is 0.852. The number of nitrogens with one attached hydrogen (secondary N) is 2. The van der Waals surface area contributed by atoms with Gasteiger partial charge in [0.2, 0.25) is 0 Å². The van der Waals surface area contributed by atoms with Crippen molar-refractivity contribution < 1.29 is 4.74 Å². The molecular weight excluding hydrogens is 256 g/mol. The van der Waals surface area contributed by atoms with Crippen molar-refractivity contribution >= 4 is 23.1 Å². The van der Waals surface area contributed by atoms with Gasteiger partial charge in [0.1, 0.15) is 11.6 Å². The molecule has 19 heavy (non-hydrogen) atoms. The van der Waals surface area contributed by atoms with E-state index in [0.29, 0.717) is 0 Å². The van der Waals surface area contributed by atoms with Crippen molar-refractivity contribution in [1.29, 1.82) is 0 Å². The highest BCUT2D eigenvalue weighted by atomic mass is 32.2. The van der Waals surface area contributed by atoms with Crippen LogP contribution in [0.3, 0.4) is 0 Å². The molecule has 0 fully saturated rings. The number of hydrogen-bond donors (Lipinski definition) is 2. The van der Waals surface area contributed by atoms with E-state index in [9.17, 15) is 0 Å². The van der Waals surface area contributed by atoms with E-state index in [1.165, 1.54) is 0 Å². The molecule has 1 aliphatic rings. The average Bonchev–Trinajstić information content (AvgIpc) is 2.47. The standard InChI is InChI=1S/C15H14N2OS/c1-18-12-8-5-9-13-15(12)17-14(10-19-13)16-11-6-3-2-4-7-11/h2-10,16-17H,1H3. The second-order valence-corrected chi connectivity index (χ2v) is 5.01. The summed E-state index contributed by atoms with van der Waals surface area (Å²) in [6, 6.07) is 16.1. The lowest BCUT2D eigenvalue weighted by molar-refractivity contribution is 0.416. The summed E-state index contributed by atoms with van der Waals surface area (Å²) in [6.07, 6.45) is 0. The zero-order valence-corrected chi connectivity index (χ0v) is 11.3. The first kappa shape index (κ1) is 12.0. The zero-order valence-electron chi connectivity index (χ0n) is 10.5. The van der Waals surface area contributed by atoms with Gasteiger partial charge in [-0.1, -0.05) is 36.0 Å². The molecule has 3 rings (SSSR count). The summed E-state index contributed by atoms with van der Waals surface area (Å²) in [4.78, 5) is 1.16. The van der Waals surface area contributed by atoms with Crippen LogP contribution in [-0.2, 0) is 0 Å². The third kappa shape index (κ3) is 2.53. The van der Waals surface area contributed by atoms with Gasteiger partial charge in [0.25, 0.3) is 0 Å². The zero-order chi connectivity index (χ0) is 13.1. The Balaban J connectivity index is 1.83. The van der Waals surface area contributed by atoms with Crippen LogP contribution in [-0.4, -0.2) is 7.11 Å². The van der Waals surface area contributed by atoms with E-state index < -0.39 is 0 Å². The van der Waals surface area contributed by atoms with Gasteiger partial charge >= 0.3 is 0 Å². The lowest BCUT2D eigenvalue weighted by atomic mass is 10.3. The monoisotopic (exact) mass is 270 g/mol. The minimum absolute atomic E-state index is 0.852. The summed E-state index contributed by atoms with van der Waals surface area (Å²) in [5, 5.41) is 8.78. The fourth-order valence-corrected chi connectivity index (χ4v) is 2.72. The maximum absolute atomic E-state index is 5.38. The van der Waals surface area contributed by atoms with Gasteiger partial charge in [-0.05, 0) is 24.3 Å². The Morgan fingerprint density at radius 1 is 1.05 bits per heavy atom. The van der Waals surface area contributed by atoms with E-state index in [2.05, 4.69) is 22.1 Å². The van der Waals surface area contributed by atoms with Gasteiger partial charge in [0, 0.05) is 16.0 Å². The Morgan fingerprint density at radius 3 is 2.68 bits per heavy atom.